The maximum Gasteiger partial charge on any atom is 0.0523 e. The number of aliphatic hydroxyl groups is 1. The quantitative estimate of drug-likeness (QED) is 0.543. The summed E-state index contributed by atoms with van der Waals surface area (Å²) in [6, 6.07) is 0. The monoisotopic (exact) mass is 118 g/mol. The van der Waals surface area contributed by atoms with Crippen molar-refractivity contribution in [1.82, 2.24) is 0 Å². The zero-order valence-corrected chi connectivity index (χ0v) is 5.24. The number of thioether (sulfide) groups is 1. The second-order valence-corrected chi connectivity index (χ2v) is 3.37. The van der Waals surface area contributed by atoms with E-state index < -0.39 is 0 Å². The maximum atomic E-state index is 8.75. The summed E-state index contributed by atoms with van der Waals surface area (Å²) in [5.74, 6) is 1.27. The molecular weight excluding hydrogens is 108 g/mol. The standard InChI is InChI=1S/C5H10OS/c1-4(6)2-5-3-7-5/h4-6H,2-3H2,1H3. The molecule has 0 radical (unpaired) electrons. The van der Waals surface area contributed by atoms with Crippen molar-refractivity contribution >= 4 is 11.8 Å². The molecule has 1 fully saturated rings. The Balaban J connectivity index is 1.97. The molecule has 0 amide bonds. The van der Waals surface area contributed by atoms with E-state index in [-0.39, 0.29) is 6.10 Å². The van der Waals surface area contributed by atoms with Crippen LogP contribution in [0.4, 0.5) is 0 Å². The molecule has 0 bridgehead atoms. The fourth-order valence-corrected chi connectivity index (χ4v) is 1.27. The van der Waals surface area contributed by atoms with E-state index in [1.165, 1.54) is 5.75 Å². The molecule has 2 heteroatoms. The highest BCUT2D eigenvalue weighted by atomic mass is 32.2. The van der Waals surface area contributed by atoms with Gasteiger partial charge in [0.2, 0.25) is 0 Å². The van der Waals surface area contributed by atoms with Crippen molar-refractivity contribution in [1.29, 1.82) is 0 Å². The van der Waals surface area contributed by atoms with Crippen molar-refractivity contribution in [2.24, 2.45) is 0 Å². The molecule has 0 aromatic carbocycles. The fourth-order valence-electron chi connectivity index (χ4n) is 0.585. The number of aliphatic hydroxyl groups excluding tert-OH is 1. The van der Waals surface area contributed by atoms with Crippen LogP contribution in [0.3, 0.4) is 0 Å². The zero-order chi connectivity index (χ0) is 5.28. The summed E-state index contributed by atoms with van der Waals surface area (Å²) in [5, 5.41) is 9.54. The number of hydrogen-bond acceptors (Lipinski definition) is 2. The van der Waals surface area contributed by atoms with Gasteiger partial charge in [0, 0.05) is 11.0 Å². The van der Waals surface area contributed by atoms with Crippen LogP contribution >= 0.6 is 11.8 Å². The van der Waals surface area contributed by atoms with Gasteiger partial charge < -0.3 is 5.11 Å². The lowest BCUT2D eigenvalue weighted by atomic mass is 10.2. The van der Waals surface area contributed by atoms with E-state index in [1.54, 1.807) is 0 Å². The molecule has 2 unspecified atom stereocenters. The Hall–Kier alpha value is 0.310. The fraction of sp³-hybridized carbons (Fsp3) is 1.00. The van der Waals surface area contributed by atoms with Crippen molar-refractivity contribution in [3.05, 3.63) is 0 Å². The van der Waals surface area contributed by atoms with Gasteiger partial charge in [-0.05, 0) is 13.3 Å². The average molecular weight is 118 g/mol. The van der Waals surface area contributed by atoms with Crippen molar-refractivity contribution in [2.45, 2.75) is 24.7 Å². The van der Waals surface area contributed by atoms with Gasteiger partial charge in [-0.3, -0.25) is 0 Å². The van der Waals surface area contributed by atoms with Crippen LogP contribution in [0.25, 0.3) is 0 Å². The lowest BCUT2D eigenvalue weighted by Gasteiger charge is -1.96. The molecule has 1 aliphatic rings. The Kier molecular flexibility index (Phi) is 1.60. The normalized spacial score (nSPS) is 32.6. The Labute approximate surface area is 48.1 Å². The summed E-state index contributed by atoms with van der Waals surface area (Å²) < 4.78 is 0. The van der Waals surface area contributed by atoms with Gasteiger partial charge in [-0.25, -0.2) is 0 Å². The molecule has 0 aliphatic carbocycles. The van der Waals surface area contributed by atoms with Crippen LogP contribution in [0.2, 0.25) is 0 Å². The highest BCUT2D eigenvalue weighted by molar-refractivity contribution is 8.06. The van der Waals surface area contributed by atoms with Crippen molar-refractivity contribution in [2.75, 3.05) is 5.75 Å². The molecule has 7 heavy (non-hydrogen) atoms. The smallest absolute Gasteiger partial charge is 0.0523 e. The van der Waals surface area contributed by atoms with Gasteiger partial charge in [0.05, 0.1) is 6.10 Å². The number of hydrogen-bond donors (Lipinski definition) is 1. The van der Waals surface area contributed by atoms with Gasteiger partial charge in [0.25, 0.3) is 0 Å². The molecular formula is C5H10OS. The molecule has 0 aromatic heterocycles. The molecule has 0 saturated carbocycles. The minimum absolute atomic E-state index is 0.0833. The molecule has 1 nitrogen and oxygen atoms in total. The summed E-state index contributed by atoms with van der Waals surface area (Å²) in [6.45, 7) is 1.85. The summed E-state index contributed by atoms with van der Waals surface area (Å²) in [5.41, 5.74) is 0. The third-order valence-corrected chi connectivity index (χ3v) is 2.00. The first-order valence-corrected chi connectivity index (χ1v) is 3.63. The summed E-state index contributed by atoms with van der Waals surface area (Å²) in [6.07, 6.45) is 0.907. The van der Waals surface area contributed by atoms with Gasteiger partial charge in [-0.15, -0.1) is 0 Å². The first-order chi connectivity index (χ1) is 3.29. The predicted molar refractivity (Wildman–Crippen MR) is 32.5 cm³/mol. The van der Waals surface area contributed by atoms with Crippen LogP contribution in [0.1, 0.15) is 13.3 Å². The van der Waals surface area contributed by atoms with Crippen LogP contribution in [0.15, 0.2) is 0 Å². The molecule has 0 spiro atoms. The Morgan fingerprint density at radius 3 is 2.71 bits per heavy atom. The third kappa shape index (κ3) is 2.19. The summed E-state index contributed by atoms with van der Waals surface area (Å²) in [4.78, 5) is 0. The van der Waals surface area contributed by atoms with Crippen LogP contribution in [0, 0.1) is 0 Å². The van der Waals surface area contributed by atoms with E-state index in [0.717, 1.165) is 11.7 Å². The highest BCUT2D eigenvalue weighted by Gasteiger charge is 2.23. The molecule has 0 aromatic rings. The second kappa shape index (κ2) is 2.05. The second-order valence-electron chi connectivity index (χ2n) is 2.04. The maximum absolute atomic E-state index is 8.75. The van der Waals surface area contributed by atoms with Crippen LogP contribution in [0.5, 0.6) is 0 Å². The van der Waals surface area contributed by atoms with Crippen LogP contribution < -0.4 is 0 Å². The van der Waals surface area contributed by atoms with Gasteiger partial charge in [-0.1, -0.05) is 0 Å². The highest BCUT2D eigenvalue weighted by Crippen LogP contribution is 2.33. The largest absolute Gasteiger partial charge is 0.393 e. The predicted octanol–water partition coefficient (Wildman–Crippen LogP) is 0.873. The first kappa shape index (κ1) is 5.45. The van der Waals surface area contributed by atoms with Gasteiger partial charge in [-0.2, -0.15) is 11.8 Å². The molecule has 1 aliphatic heterocycles. The topological polar surface area (TPSA) is 20.2 Å². The van der Waals surface area contributed by atoms with Gasteiger partial charge in [0.1, 0.15) is 0 Å². The van der Waals surface area contributed by atoms with Crippen molar-refractivity contribution < 1.29 is 5.11 Å². The minimum atomic E-state index is -0.0833. The van der Waals surface area contributed by atoms with Crippen LogP contribution in [-0.4, -0.2) is 22.2 Å². The van der Waals surface area contributed by atoms with Gasteiger partial charge >= 0.3 is 0 Å². The SMILES string of the molecule is CC(O)CC1CS1. The van der Waals surface area contributed by atoms with Crippen molar-refractivity contribution in [3.8, 4) is 0 Å². The molecule has 1 N–H and O–H groups in total. The Bertz CT molecular complexity index is 59.1. The molecule has 1 rings (SSSR count). The summed E-state index contributed by atoms with van der Waals surface area (Å²) in [7, 11) is 0. The van der Waals surface area contributed by atoms with Crippen molar-refractivity contribution in [3.63, 3.8) is 0 Å². The third-order valence-electron chi connectivity index (χ3n) is 1.01. The van der Waals surface area contributed by atoms with E-state index in [0.29, 0.717) is 0 Å². The van der Waals surface area contributed by atoms with E-state index in [4.69, 9.17) is 5.11 Å². The molecule has 1 heterocycles. The minimum Gasteiger partial charge on any atom is -0.393 e. The molecule has 2 atom stereocenters. The zero-order valence-electron chi connectivity index (χ0n) is 4.42. The van der Waals surface area contributed by atoms with Crippen LogP contribution in [-0.2, 0) is 0 Å². The molecule has 1 saturated heterocycles. The lowest BCUT2D eigenvalue weighted by Crippen LogP contribution is -2.01. The van der Waals surface area contributed by atoms with E-state index in [9.17, 15) is 0 Å². The van der Waals surface area contributed by atoms with Gasteiger partial charge in [0.15, 0.2) is 0 Å². The average Bonchev–Trinajstić information content (AvgIpc) is 2.17. The van der Waals surface area contributed by atoms with E-state index in [1.807, 2.05) is 18.7 Å². The first-order valence-electron chi connectivity index (χ1n) is 2.58. The molecule has 42 valence electrons. The van der Waals surface area contributed by atoms with E-state index >= 15 is 0 Å². The summed E-state index contributed by atoms with van der Waals surface area (Å²) >= 11 is 1.94. The lowest BCUT2D eigenvalue weighted by molar-refractivity contribution is 0.187. The Morgan fingerprint density at radius 1 is 2.00 bits per heavy atom. The van der Waals surface area contributed by atoms with E-state index in [2.05, 4.69) is 0 Å². The Morgan fingerprint density at radius 2 is 2.57 bits per heavy atom. The number of rotatable bonds is 2.